The Morgan fingerprint density at radius 2 is 0.769 bits per heavy atom. The number of methoxy groups -OCH3 is 5. The summed E-state index contributed by atoms with van der Waals surface area (Å²) in [7, 11) is 5.01. The second-order valence-electron chi connectivity index (χ2n) is 4.55. The summed E-state index contributed by atoms with van der Waals surface area (Å²) in [6.45, 7) is 0. The van der Waals surface area contributed by atoms with Gasteiger partial charge in [0.05, 0.1) is 63.4 Å². The van der Waals surface area contributed by atoms with Crippen LogP contribution in [-0.4, -0.2) is 65.4 Å². The lowest BCUT2D eigenvalue weighted by Gasteiger charge is -2.17. The predicted molar refractivity (Wildman–Crippen MR) is 83.1 cm³/mol. The Labute approximate surface area is 147 Å². The standard InChI is InChI=1S/C16H16O10/c1-22-12(17)7-6-8(13(18)23-2)10(15(20)25-4)11(16(21)26-5)9(7)14(19)24-3/h6H,1-5H3. The summed E-state index contributed by atoms with van der Waals surface area (Å²) in [5.41, 5.74) is -2.89. The van der Waals surface area contributed by atoms with Crippen molar-refractivity contribution in [3.63, 3.8) is 0 Å². The molecule has 0 N–H and O–H groups in total. The van der Waals surface area contributed by atoms with Crippen LogP contribution in [0, 0.1) is 0 Å². The molecule has 0 saturated carbocycles. The number of carbonyl (C=O) groups is 5. The maximum atomic E-state index is 12.3. The zero-order valence-electron chi connectivity index (χ0n) is 14.7. The van der Waals surface area contributed by atoms with Crippen LogP contribution in [0.4, 0.5) is 0 Å². The molecule has 0 unspecified atom stereocenters. The fourth-order valence-electron chi connectivity index (χ4n) is 2.16. The van der Waals surface area contributed by atoms with Gasteiger partial charge in [-0.05, 0) is 6.07 Å². The highest BCUT2D eigenvalue weighted by Crippen LogP contribution is 2.28. The first-order valence-corrected chi connectivity index (χ1v) is 6.91. The zero-order valence-corrected chi connectivity index (χ0v) is 14.7. The fraction of sp³-hybridized carbons (Fsp3) is 0.312. The molecule has 10 nitrogen and oxygen atoms in total. The number of benzene rings is 1. The molecule has 0 aliphatic carbocycles. The third-order valence-electron chi connectivity index (χ3n) is 3.31. The van der Waals surface area contributed by atoms with Gasteiger partial charge in [-0.15, -0.1) is 0 Å². The average Bonchev–Trinajstić information content (AvgIpc) is 2.68. The lowest BCUT2D eigenvalue weighted by molar-refractivity contribution is 0.0511. The highest BCUT2D eigenvalue weighted by molar-refractivity contribution is 6.18. The molecule has 0 fully saturated rings. The monoisotopic (exact) mass is 368 g/mol. The third-order valence-corrected chi connectivity index (χ3v) is 3.31. The summed E-state index contributed by atoms with van der Waals surface area (Å²) in [4.78, 5) is 60.8. The lowest BCUT2D eigenvalue weighted by atomic mass is 9.91. The molecule has 0 aliphatic rings. The van der Waals surface area contributed by atoms with E-state index >= 15 is 0 Å². The first-order valence-electron chi connectivity index (χ1n) is 6.91. The van der Waals surface area contributed by atoms with E-state index in [9.17, 15) is 24.0 Å². The van der Waals surface area contributed by atoms with Gasteiger partial charge >= 0.3 is 29.8 Å². The summed E-state index contributed by atoms with van der Waals surface area (Å²) in [5, 5.41) is 0. The molecule has 0 aromatic heterocycles. The second kappa shape index (κ2) is 8.60. The second-order valence-corrected chi connectivity index (χ2v) is 4.55. The highest BCUT2D eigenvalue weighted by atomic mass is 16.5. The number of esters is 5. The summed E-state index contributed by atoms with van der Waals surface area (Å²) < 4.78 is 22.9. The molecule has 26 heavy (non-hydrogen) atoms. The van der Waals surface area contributed by atoms with Crippen LogP contribution in [-0.2, 0) is 23.7 Å². The van der Waals surface area contributed by atoms with Gasteiger partial charge < -0.3 is 23.7 Å². The summed E-state index contributed by atoms with van der Waals surface area (Å²) in [6.07, 6.45) is 0. The Morgan fingerprint density at radius 3 is 1.04 bits per heavy atom. The van der Waals surface area contributed by atoms with E-state index in [4.69, 9.17) is 0 Å². The van der Waals surface area contributed by atoms with Crippen molar-refractivity contribution in [2.45, 2.75) is 0 Å². The van der Waals surface area contributed by atoms with Gasteiger partial charge in [0.1, 0.15) is 0 Å². The molecule has 0 bridgehead atoms. The minimum atomic E-state index is -1.18. The summed E-state index contributed by atoms with van der Waals surface area (Å²) >= 11 is 0. The Kier molecular flexibility index (Phi) is 6.82. The number of ether oxygens (including phenoxy) is 5. The van der Waals surface area contributed by atoms with Crippen LogP contribution in [0.5, 0.6) is 0 Å². The zero-order chi connectivity index (χ0) is 20.0. The molecule has 0 saturated heterocycles. The number of hydrogen-bond acceptors (Lipinski definition) is 10. The molecule has 10 heteroatoms. The number of hydrogen-bond donors (Lipinski definition) is 0. The Morgan fingerprint density at radius 1 is 0.500 bits per heavy atom. The van der Waals surface area contributed by atoms with Crippen molar-refractivity contribution in [3.8, 4) is 0 Å². The normalized spacial score (nSPS) is 9.73. The van der Waals surface area contributed by atoms with Gasteiger partial charge in [0, 0.05) is 0 Å². The molecule has 0 heterocycles. The van der Waals surface area contributed by atoms with E-state index in [1.54, 1.807) is 0 Å². The summed E-state index contributed by atoms with van der Waals surface area (Å²) in [6, 6.07) is 0.878. The van der Waals surface area contributed by atoms with Crippen molar-refractivity contribution in [1.29, 1.82) is 0 Å². The SMILES string of the molecule is COC(=O)c1cc(C(=O)OC)c(C(=O)OC)c(C(=O)OC)c1C(=O)OC. The number of carbonyl (C=O) groups excluding carboxylic acids is 5. The van der Waals surface area contributed by atoms with Gasteiger partial charge in [0.25, 0.3) is 0 Å². The van der Waals surface area contributed by atoms with E-state index in [1.165, 1.54) is 0 Å². The smallest absolute Gasteiger partial charge is 0.339 e. The lowest BCUT2D eigenvalue weighted by Crippen LogP contribution is -2.25. The molecule has 0 aliphatic heterocycles. The van der Waals surface area contributed by atoms with E-state index in [2.05, 4.69) is 23.7 Å². The van der Waals surface area contributed by atoms with Gasteiger partial charge in [0.15, 0.2) is 0 Å². The molecule has 1 rings (SSSR count). The Bertz CT molecular complexity index is 723. The van der Waals surface area contributed by atoms with Crippen LogP contribution < -0.4 is 0 Å². The molecular formula is C16H16O10. The predicted octanol–water partition coefficient (Wildman–Crippen LogP) is 0.620. The van der Waals surface area contributed by atoms with Crippen molar-refractivity contribution in [2.24, 2.45) is 0 Å². The molecule has 0 radical (unpaired) electrons. The first kappa shape index (κ1) is 20.6. The van der Waals surface area contributed by atoms with E-state index in [-0.39, 0.29) is 0 Å². The van der Waals surface area contributed by atoms with Gasteiger partial charge in [-0.3, -0.25) is 0 Å². The molecule has 140 valence electrons. The minimum Gasteiger partial charge on any atom is -0.465 e. The van der Waals surface area contributed by atoms with E-state index in [0.29, 0.717) is 0 Å². The molecular weight excluding hydrogens is 352 g/mol. The van der Waals surface area contributed by atoms with Crippen LogP contribution >= 0.6 is 0 Å². The van der Waals surface area contributed by atoms with Crippen LogP contribution in [0.3, 0.4) is 0 Å². The highest BCUT2D eigenvalue weighted by Gasteiger charge is 2.36. The van der Waals surface area contributed by atoms with E-state index < -0.39 is 57.7 Å². The number of rotatable bonds is 5. The molecule has 1 aromatic rings. The first-order chi connectivity index (χ1) is 12.3. The van der Waals surface area contributed by atoms with Crippen molar-refractivity contribution in [2.75, 3.05) is 35.5 Å². The quantitative estimate of drug-likeness (QED) is 0.538. The van der Waals surface area contributed by atoms with Crippen molar-refractivity contribution < 1.29 is 47.7 Å². The fourth-order valence-corrected chi connectivity index (χ4v) is 2.16. The van der Waals surface area contributed by atoms with Crippen molar-refractivity contribution in [3.05, 3.63) is 33.9 Å². The largest absolute Gasteiger partial charge is 0.465 e. The van der Waals surface area contributed by atoms with Crippen molar-refractivity contribution in [1.82, 2.24) is 0 Å². The molecule has 1 aromatic carbocycles. The summed E-state index contributed by atoms with van der Waals surface area (Å²) in [5.74, 6) is -5.56. The average molecular weight is 368 g/mol. The van der Waals surface area contributed by atoms with Gasteiger partial charge in [-0.2, -0.15) is 0 Å². The van der Waals surface area contributed by atoms with Crippen LogP contribution in [0.25, 0.3) is 0 Å². The van der Waals surface area contributed by atoms with Crippen LogP contribution in [0.15, 0.2) is 6.07 Å². The molecule has 0 atom stereocenters. The van der Waals surface area contributed by atoms with E-state index in [1.807, 2.05) is 0 Å². The maximum absolute atomic E-state index is 12.3. The van der Waals surface area contributed by atoms with Gasteiger partial charge in [-0.25, -0.2) is 24.0 Å². The minimum absolute atomic E-state index is 0.493. The Balaban J connectivity index is 4.18. The van der Waals surface area contributed by atoms with Crippen molar-refractivity contribution >= 4 is 29.8 Å². The molecule has 0 spiro atoms. The Hall–Kier alpha value is -3.43. The topological polar surface area (TPSA) is 132 Å². The van der Waals surface area contributed by atoms with Crippen LogP contribution in [0.1, 0.15) is 51.8 Å². The van der Waals surface area contributed by atoms with Gasteiger partial charge in [-0.1, -0.05) is 0 Å². The molecule has 0 amide bonds. The van der Waals surface area contributed by atoms with Crippen LogP contribution in [0.2, 0.25) is 0 Å². The van der Waals surface area contributed by atoms with Gasteiger partial charge in [0.2, 0.25) is 0 Å². The third kappa shape index (κ3) is 3.63. The maximum Gasteiger partial charge on any atom is 0.339 e. The van der Waals surface area contributed by atoms with E-state index in [0.717, 1.165) is 41.6 Å².